The maximum absolute atomic E-state index is 8.72. The van der Waals surface area contributed by atoms with Gasteiger partial charge >= 0.3 is 0 Å². The van der Waals surface area contributed by atoms with E-state index in [1.165, 1.54) is 48.6 Å². The summed E-state index contributed by atoms with van der Waals surface area (Å²) in [5, 5.41) is 17.4. The predicted molar refractivity (Wildman–Crippen MR) is 63.7 cm³/mol. The Morgan fingerprint density at radius 2 is 1.17 bits per heavy atom. The van der Waals surface area contributed by atoms with Crippen molar-refractivity contribution >= 4 is 0 Å². The first-order chi connectivity index (χ1) is 7.69. The van der Waals surface area contributed by atoms with Crippen LogP contribution in [0.4, 0.5) is 0 Å². The predicted octanol–water partition coefficient (Wildman–Crippen LogP) is -8.68. The lowest BCUT2D eigenvalue weighted by Gasteiger charge is -2.12. The second kappa shape index (κ2) is 11.6. The van der Waals surface area contributed by atoms with Crippen molar-refractivity contribution in [2.45, 2.75) is 37.8 Å². The Morgan fingerprint density at radius 3 is 1.28 bits per heavy atom. The van der Waals surface area contributed by atoms with Crippen molar-refractivity contribution in [2.24, 2.45) is 0 Å². The average molecular weight is 392 g/mol. The standard InChI is InChI=1S/2C6H13NO.2BrH/c2*1-7-4-2-3-6(7)5-8;;/h2*6,8H,2-5H2,1H3;2*1H. The molecule has 0 aromatic heterocycles. The van der Waals surface area contributed by atoms with Crippen molar-refractivity contribution in [1.82, 2.24) is 0 Å². The molecule has 2 fully saturated rings. The summed E-state index contributed by atoms with van der Waals surface area (Å²) in [4.78, 5) is 2.99. The zero-order chi connectivity index (χ0) is 12.0. The van der Waals surface area contributed by atoms with E-state index in [-0.39, 0.29) is 34.0 Å². The van der Waals surface area contributed by atoms with Crippen LogP contribution in [0.5, 0.6) is 0 Å². The molecule has 4 nitrogen and oxygen atoms in total. The van der Waals surface area contributed by atoms with Gasteiger partial charge in [0.15, 0.2) is 0 Å². The third kappa shape index (κ3) is 6.82. The maximum atomic E-state index is 8.72. The van der Waals surface area contributed by atoms with Crippen molar-refractivity contribution in [2.75, 3.05) is 40.4 Å². The molecule has 6 heteroatoms. The molecule has 0 saturated carbocycles. The van der Waals surface area contributed by atoms with Crippen LogP contribution in [-0.4, -0.2) is 62.7 Å². The summed E-state index contributed by atoms with van der Waals surface area (Å²) in [6.45, 7) is 3.22. The summed E-state index contributed by atoms with van der Waals surface area (Å²) in [5.41, 5.74) is 0. The lowest BCUT2D eigenvalue weighted by molar-refractivity contribution is -0.892. The van der Waals surface area contributed by atoms with E-state index in [9.17, 15) is 0 Å². The third-order valence-electron chi connectivity index (χ3n) is 4.08. The van der Waals surface area contributed by atoms with E-state index in [1.54, 1.807) is 0 Å². The summed E-state index contributed by atoms with van der Waals surface area (Å²) in [6.07, 6.45) is 5.00. The molecule has 2 aliphatic heterocycles. The molecular formula is C12H28Br2N2O2. The molecule has 0 aromatic rings. The largest absolute Gasteiger partial charge is 1.00 e. The number of aliphatic hydroxyl groups is 2. The molecule has 2 rings (SSSR count). The van der Waals surface area contributed by atoms with Gasteiger partial charge in [0.25, 0.3) is 0 Å². The average Bonchev–Trinajstić information content (AvgIpc) is 2.87. The number of hydrogen-bond acceptors (Lipinski definition) is 2. The molecule has 4 N–H and O–H groups in total. The van der Waals surface area contributed by atoms with Crippen LogP contribution in [0.2, 0.25) is 0 Å². The Hall–Kier alpha value is 0.800. The number of likely N-dealkylation sites (tertiary alicyclic amines) is 2. The molecule has 2 aliphatic rings. The molecule has 0 spiro atoms. The number of quaternary nitrogens is 2. The van der Waals surface area contributed by atoms with Crippen molar-refractivity contribution in [1.29, 1.82) is 0 Å². The zero-order valence-electron chi connectivity index (χ0n) is 11.5. The quantitative estimate of drug-likeness (QED) is 0.378. The fourth-order valence-corrected chi connectivity index (χ4v) is 2.65. The number of rotatable bonds is 2. The van der Waals surface area contributed by atoms with Crippen molar-refractivity contribution in [3.63, 3.8) is 0 Å². The van der Waals surface area contributed by atoms with Crippen LogP contribution in [-0.2, 0) is 0 Å². The van der Waals surface area contributed by atoms with E-state index in [0.29, 0.717) is 25.3 Å². The van der Waals surface area contributed by atoms with E-state index >= 15 is 0 Å². The number of aliphatic hydroxyl groups excluding tert-OH is 2. The van der Waals surface area contributed by atoms with Gasteiger partial charge in [0.05, 0.1) is 40.4 Å². The summed E-state index contributed by atoms with van der Waals surface area (Å²) >= 11 is 0. The van der Waals surface area contributed by atoms with E-state index < -0.39 is 0 Å². The zero-order valence-corrected chi connectivity index (χ0v) is 14.6. The third-order valence-corrected chi connectivity index (χ3v) is 4.08. The lowest BCUT2D eigenvalue weighted by atomic mass is 10.2. The van der Waals surface area contributed by atoms with Crippen LogP contribution in [0.1, 0.15) is 25.7 Å². The van der Waals surface area contributed by atoms with Crippen LogP contribution in [0, 0.1) is 0 Å². The van der Waals surface area contributed by atoms with Gasteiger partial charge < -0.3 is 54.0 Å². The van der Waals surface area contributed by atoms with Gasteiger partial charge in [-0.05, 0) is 0 Å². The highest BCUT2D eigenvalue weighted by Crippen LogP contribution is 1.97. The first-order valence-corrected chi connectivity index (χ1v) is 6.55. The van der Waals surface area contributed by atoms with Gasteiger partial charge in [0.1, 0.15) is 12.1 Å². The molecule has 4 unspecified atom stereocenters. The van der Waals surface area contributed by atoms with Gasteiger partial charge in [-0.25, -0.2) is 0 Å². The Labute approximate surface area is 132 Å². The van der Waals surface area contributed by atoms with E-state index in [1.807, 2.05) is 0 Å². The molecule has 0 amide bonds. The molecule has 0 radical (unpaired) electrons. The number of halogens is 2. The van der Waals surface area contributed by atoms with Crippen LogP contribution in [0.3, 0.4) is 0 Å². The molecule has 0 aliphatic carbocycles. The minimum Gasteiger partial charge on any atom is -1.00 e. The molecule has 18 heavy (non-hydrogen) atoms. The topological polar surface area (TPSA) is 49.3 Å². The van der Waals surface area contributed by atoms with E-state index in [4.69, 9.17) is 10.2 Å². The normalized spacial score (nSPS) is 34.0. The number of hydrogen-bond donors (Lipinski definition) is 4. The Bertz CT molecular complexity index is 179. The van der Waals surface area contributed by atoms with Gasteiger partial charge in [0, 0.05) is 25.7 Å². The molecule has 112 valence electrons. The number of likely N-dealkylation sites (N-methyl/N-ethyl adjacent to an activating group) is 2. The first-order valence-electron chi connectivity index (χ1n) is 6.55. The summed E-state index contributed by atoms with van der Waals surface area (Å²) in [5.74, 6) is 0. The fraction of sp³-hybridized carbons (Fsp3) is 1.00. The second-order valence-electron chi connectivity index (χ2n) is 5.24. The molecule has 0 bridgehead atoms. The van der Waals surface area contributed by atoms with Gasteiger partial charge in [-0.2, -0.15) is 0 Å². The van der Waals surface area contributed by atoms with Gasteiger partial charge in [-0.15, -0.1) is 0 Å². The first kappa shape index (κ1) is 21.1. The highest BCUT2D eigenvalue weighted by atomic mass is 79.9. The molecule has 0 aromatic carbocycles. The number of nitrogens with one attached hydrogen (secondary N) is 2. The molecular weight excluding hydrogens is 364 g/mol. The van der Waals surface area contributed by atoms with Gasteiger partial charge in [-0.3, -0.25) is 0 Å². The van der Waals surface area contributed by atoms with Gasteiger partial charge in [-0.1, -0.05) is 0 Å². The van der Waals surface area contributed by atoms with Crippen LogP contribution >= 0.6 is 0 Å². The highest BCUT2D eigenvalue weighted by Gasteiger charge is 2.23. The minimum atomic E-state index is 0. The summed E-state index contributed by atoms with van der Waals surface area (Å²) in [6, 6.07) is 1.07. The Balaban J connectivity index is 0. The summed E-state index contributed by atoms with van der Waals surface area (Å²) in [7, 11) is 4.29. The smallest absolute Gasteiger partial charge is 0.111 e. The maximum Gasteiger partial charge on any atom is 0.111 e. The Morgan fingerprint density at radius 1 is 0.833 bits per heavy atom. The molecule has 2 heterocycles. The van der Waals surface area contributed by atoms with Crippen LogP contribution in [0.25, 0.3) is 0 Å². The monoisotopic (exact) mass is 390 g/mol. The van der Waals surface area contributed by atoms with Crippen molar-refractivity contribution in [3.8, 4) is 0 Å². The molecule has 4 atom stereocenters. The van der Waals surface area contributed by atoms with E-state index in [0.717, 1.165) is 0 Å². The second-order valence-corrected chi connectivity index (χ2v) is 5.24. The van der Waals surface area contributed by atoms with Crippen molar-refractivity contribution in [3.05, 3.63) is 0 Å². The van der Waals surface area contributed by atoms with Gasteiger partial charge in [0.2, 0.25) is 0 Å². The van der Waals surface area contributed by atoms with Crippen molar-refractivity contribution < 1.29 is 54.0 Å². The SMILES string of the molecule is C[NH+]1CCCC1CO.C[NH+]1CCCC1CO.[Br-].[Br-]. The highest BCUT2D eigenvalue weighted by molar-refractivity contribution is 4.58. The minimum absolute atomic E-state index is 0. The fourth-order valence-electron chi connectivity index (χ4n) is 2.65. The Kier molecular flexibility index (Phi) is 13.6. The van der Waals surface area contributed by atoms with E-state index in [2.05, 4.69) is 14.1 Å². The van der Waals surface area contributed by atoms with Crippen LogP contribution in [0.15, 0.2) is 0 Å². The molecule has 2 saturated heterocycles. The summed E-state index contributed by atoms with van der Waals surface area (Å²) < 4.78 is 0. The lowest BCUT2D eigenvalue weighted by Crippen LogP contribution is -3.11. The van der Waals surface area contributed by atoms with Crippen LogP contribution < -0.4 is 43.8 Å².